The van der Waals surface area contributed by atoms with Crippen LogP contribution in [0.2, 0.25) is 0 Å². The van der Waals surface area contributed by atoms with E-state index in [2.05, 4.69) is 0 Å². The number of hydrogen-bond donors (Lipinski definition) is 2. The van der Waals surface area contributed by atoms with Crippen LogP contribution < -0.4 is 5.73 Å². The van der Waals surface area contributed by atoms with Crippen molar-refractivity contribution in [3.63, 3.8) is 0 Å². The predicted octanol–water partition coefficient (Wildman–Crippen LogP) is 0.672. The second kappa shape index (κ2) is 2.10. The summed E-state index contributed by atoms with van der Waals surface area (Å²) in [6.45, 7) is 0.175. The third kappa shape index (κ3) is 1.04. The fourth-order valence-electron chi connectivity index (χ4n) is 2.08. The van der Waals surface area contributed by atoms with Gasteiger partial charge in [-0.15, -0.1) is 12.4 Å². The number of nitrogens with two attached hydrogens (primary N) is 1. The van der Waals surface area contributed by atoms with Gasteiger partial charge >= 0.3 is 0 Å². The van der Waals surface area contributed by atoms with E-state index in [1.807, 2.05) is 0 Å². The van der Waals surface area contributed by atoms with Crippen LogP contribution in [0.1, 0.15) is 25.7 Å². The van der Waals surface area contributed by atoms with E-state index in [4.69, 9.17) is 10.8 Å². The third-order valence-electron chi connectivity index (χ3n) is 2.73. The van der Waals surface area contributed by atoms with E-state index < -0.39 is 0 Å². The average molecular weight is 164 g/mol. The zero-order chi connectivity index (χ0) is 6.54. The topological polar surface area (TPSA) is 46.2 Å². The lowest BCUT2D eigenvalue weighted by atomic mass is 9.67. The first-order valence-corrected chi connectivity index (χ1v) is 3.58. The van der Waals surface area contributed by atoms with Gasteiger partial charge in [0, 0.05) is 5.54 Å². The highest BCUT2D eigenvalue weighted by Crippen LogP contribution is 2.63. The number of hydrogen-bond acceptors (Lipinski definition) is 2. The average Bonchev–Trinajstić information content (AvgIpc) is 2.46. The van der Waals surface area contributed by atoms with Crippen LogP contribution in [0.15, 0.2) is 0 Å². The lowest BCUT2D eigenvalue weighted by Crippen LogP contribution is -2.55. The van der Waals surface area contributed by atoms with Gasteiger partial charge < -0.3 is 10.8 Å². The van der Waals surface area contributed by atoms with Gasteiger partial charge in [-0.3, -0.25) is 0 Å². The second-order valence-corrected chi connectivity index (χ2v) is 3.87. The Morgan fingerprint density at radius 2 is 1.80 bits per heavy atom. The van der Waals surface area contributed by atoms with E-state index in [1.54, 1.807) is 0 Å². The molecule has 10 heavy (non-hydrogen) atoms. The quantitative estimate of drug-likeness (QED) is 0.597. The molecule has 0 amide bonds. The molecule has 3 heteroatoms. The van der Waals surface area contributed by atoms with Crippen LogP contribution in [-0.4, -0.2) is 17.3 Å². The van der Waals surface area contributed by atoms with Crippen molar-refractivity contribution in [3.05, 3.63) is 0 Å². The molecule has 60 valence electrons. The van der Waals surface area contributed by atoms with Crippen molar-refractivity contribution in [1.82, 2.24) is 0 Å². The minimum Gasteiger partial charge on any atom is -0.394 e. The summed E-state index contributed by atoms with van der Waals surface area (Å²) >= 11 is 0. The van der Waals surface area contributed by atoms with Gasteiger partial charge in [-0.25, -0.2) is 0 Å². The van der Waals surface area contributed by atoms with E-state index in [9.17, 15) is 0 Å². The van der Waals surface area contributed by atoms with Crippen LogP contribution >= 0.6 is 12.4 Å². The van der Waals surface area contributed by atoms with E-state index in [0.29, 0.717) is 5.41 Å². The van der Waals surface area contributed by atoms with Crippen LogP contribution in [0.3, 0.4) is 0 Å². The Labute approximate surface area is 67.2 Å². The lowest BCUT2D eigenvalue weighted by molar-refractivity contribution is 0.0584. The maximum atomic E-state index is 8.78. The molecule has 0 radical (unpaired) electrons. The summed E-state index contributed by atoms with van der Waals surface area (Å²) in [7, 11) is 0. The minimum absolute atomic E-state index is 0. The molecule has 2 aliphatic carbocycles. The molecule has 2 nitrogen and oxygen atoms in total. The lowest BCUT2D eigenvalue weighted by Gasteiger charge is -2.44. The maximum Gasteiger partial charge on any atom is 0.0611 e. The molecule has 2 aliphatic rings. The number of aliphatic hydroxyl groups excluding tert-OH is 1. The Balaban J connectivity index is 0.000000500. The Kier molecular flexibility index (Phi) is 1.74. The monoisotopic (exact) mass is 163 g/mol. The molecule has 0 atom stereocenters. The minimum atomic E-state index is -0.184. The fraction of sp³-hybridized carbons (Fsp3) is 1.00. The van der Waals surface area contributed by atoms with Crippen molar-refractivity contribution in [2.24, 2.45) is 11.1 Å². The summed E-state index contributed by atoms with van der Waals surface area (Å²) in [4.78, 5) is 0. The highest BCUT2D eigenvalue weighted by Gasteiger charge is 2.58. The van der Waals surface area contributed by atoms with Crippen LogP contribution in [0.25, 0.3) is 0 Å². The summed E-state index contributed by atoms with van der Waals surface area (Å²) < 4.78 is 0. The Bertz CT molecular complexity index is 137. The molecular formula is C7H14ClNO. The normalized spacial score (nSPS) is 30.6. The third-order valence-corrected chi connectivity index (χ3v) is 2.73. The predicted molar refractivity (Wildman–Crippen MR) is 42.2 cm³/mol. The fourth-order valence-corrected chi connectivity index (χ4v) is 2.08. The van der Waals surface area contributed by atoms with Crippen molar-refractivity contribution < 1.29 is 5.11 Å². The highest BCUT2D eigenvalue weighted by molar-refractivity contribution is 5.85. The summed E-state index contributed by atoms with van der Waals surface area (Å²) in [6, 6.07) is 0. The summed E-state index contributed by atoms with van der Waals surface area (Å²) in [5, 5.41) is 8.78. The zero-order valence-electron chi connectivity index (χ0n) is 5.97. The molecule has 0 bridgehead atoms. The molecule has 2 rings (SSSR count). The summed E-state index contributed by atoms with van der Waals surface area (Å²) in [5.41, 5.74) is 6.21. The van der Waals surface area contributed by atoms with Crippen LogP contribution in [0.5, 0.6) is 0 Å². The van der Waals surface area contributed by atoms with Crippen molar-refractivity contribution in [1.29, 1.82) is 0 Å². The smallest absolute Gasteiger partial charge is 0.0611 e. The SMILES string of the molecule is Cl.NC1(CO)CC2(CC2)C1. The van der Waals surface area contributed by atoms with Gasteiger partial charge in [0.15, 0.2) is 0 Å². The van der Waals surface area contributed by atoms with Gasteiger partial charge in [0.25, 0.3) is 0 Å². The number of rotatable bonds is 1. The second-order valence-electron chi connectivity index (χ2n) is 3.87. The van der Waals surface area contributed by atoms with E-state index in [-0.39, 0.29) is 24.6 Å². The first-order chi connectivity index (χ1) is 4.18. The van der Waals surface area contributed by atoms with Crippen LogP contribution in [-0.2, 0) is 0 Å². The van der Waals surface area contributed by atoms with Gasteiger partial charge in [0.2, 0.25) is 0 Å². The zero-order valence-corrected chi connectivity index (χ0v) is 6.78. The largest absolute Gasteiger partial charge is 0.394 e. The molecule has 0 saturated heterocycles. The van der Waals surface area contributed by atoms with Crippen LogP contribution in [0, 0.1) is 5.41 Å². The molecule has 2 fully saturated rings. The summed E-state index contributed by atoms with van der Waals surface area (Å²) in [6.07, 6.45) is 4.84. The molecule has 0 aromatic rings. The number of aliphatic hydroxyl groups is 1. The van der Waals surface area contributed by atoms with Crippen molar-refractivity contribution >= 4 is 12.4 Å². The Morgan fingerprint density at radius 3 is 2.10 bits per heavy atom. The molecular weight excluding hydrogens is 150 g/mol. The standard InChI is InChI=1S/C7H13NO.ClH/c8-7(5-9)3-6(4-7)1-2-6;/h9H,1-5,8H2;1H. The summed E-state index contributed by atoms with van der Waals surface area (Å²) in [5.74, 6) is 0. The van der Waals surface area contributed by atoms with Gasteiger partial charge in [0.05, 0.1) is 6.61 Å². The van der Waals surface area contributed by atoms with Gasteiger partial charge in [-0.1, -0.05) is 0 Å². The van der Waals surface area contributed by atoms with Crippen LogP contribution in [0.4, 0.5) is 0 Å². The molecule has 3 N–H and O–H groups in total. The first-order valence-electron chi connectivity index (χ1n) is 3.58. The van der Waals surface area contributed by atoms with E-state index in [0.717, 1.165) is 12.8 Å². The molecule has 0 unspecified atom stereocenters. The van der Waals surface area contributed by atoms with Gasteiger partial charge in [0.1, 0.15) is 0 Å². The van der Waals surface area contributed by atoms with Gasteiger partial charge in [-0.2, -0.15) is 0 Å². The molecule has 0 aliphatic heterocycles. The van der Waals surface area contributed by atoms with Crippen molar-refractivity contribution in [2.45, 2.75) is 31.2 Å². The van der Waals surface area contributed by atoms with Crippen molar-refractivity contribution in [2.75, 3.05) is 6.61 Å². The molecule has 2 saturated carbocycles. The molecule has 0 heterocycles. The van der Waals surface area contributed by atoms with Crippen molar-refractivity contribution in [3.8, 4) is 0 Å². The van der Waals surface area contributed by atoms with Gasteiger partial charge in [-0.05, 0) is 31.1 Å². The Hall–Kier alpha value is 0.210. The molecule has 0 aromatic heterocycles. The molecule has 1 spiro atoms. The Morgan fingerprint density at radius 1 is 1.30 bits per heavy atom. The van der Waals surface area contributed by atoms with E-state index >= 15 is 0 Å². The van der Waals surface area contributed by atoms with E-state index in [1.165, 1.54) is 12.8 Å². The molecule has 0 aromatic carbocycles. The highest BCUT2D eigenvalue weighted by atomic mass is 35.5. The first kappa shape index (κ1) is 8.31. The number of halogens is 1. The maximum absolute atomic E-state index is 8.78.